The van der Waals surface area contributed by atoms with Crippen molar-refractivity contribution in [2.75, 3.05) is 25.7 Å². The molecule has 39 heavy (non-hydrogen) atoms. The predicted molar refractivity (Wildman–Crippen MR) is 159 cm³/mol. The van der Waals surface area contributed by atoms with E-state index in [9.17, 15) is 8.42 Å². The molecule has 7 heteroatoms. The number of nitrogens with zero attached hydrogens (tertiary/aromatic N) is 2. The molecule has 3 aromatic carbocycles. The maximum atomic E-state index is 14.9. The van der Waals surface area contributed by atoms with Crippen LogP contribution in [0.5, 0.6) is 11.5 Å². The molecule has 0 bridgehead atoms. The summed E-state index contributed by atoms with van der Waals surface area (Å²) in [5, 5.41) is 0. The number of aryl methyl sites for hydroxylation is 1. The van der Waals surface area contributed by atoms with E-state index in [1.165, 1.54) is 0 Å². The fourth-order valence-corrected chi connectivity index (χ4v) is 7.65. The minimum Gasteiger partial charge on any atom is -0.497 e. The smallest absolute Gasteiger partial charge is 0.246 e. The molecule has 6 nitrogen and oxygen atoms in total. The van der Waals surface area contributed by atoms with Gasteiger partial charge in [-0.15, -0.1) is 0 Å². The summed E-state index contributed by atoms with van der Waals surface area (Å²) in [6, 6.07) is 21.6. The molecule has 3 aromatic rings. The monoisotopic (exact) mass is 550 g/mol. The molecule has 0 amide bonds. The average Bonchev–Trinajstić information content (AvgIpc) is 3.03. The Hall–Kier alpha value is -3.03. The molecule has 1 aliphatic heterocycles. The van der Waals surface area contributed by atoms with Gasteiger partial charge in [-0.05, 0) is 61.2 Å². The third kappa shape index (κ3) is 5.94. The van der Waals surface area contributed by atoms with Crippen LogP contribution in [0, 0.1) is 6.92 Å². The topological polar surface area (TPSA) is 59.1 Å². The van der Waals surface area contributed by atoms with Gasteiger partial charge in [-0.3, -0.25) is 0 Å². The molecule has 0 saturated carbocycles. The number of methoxy groups -OCH3 is 2. The first kappa shape index (κ1) is 29.0. The van der Waals surface area contributed by atoms with Gasteiger partial charge >= 0.3 is 0 Å². The highest BCUT2D eigenvalue weighted by Crippen LogP contribution is 2.46. The number of hydrogen-bond acceptors (Lipinski definition) is 5. The van der Waals surface area contributed by atoms with E-state index in [0.717, 1.165) is 61.1 Å². The number of rotatable bonds is 11. The Bertz CT molecular complexity index is 1330. The molecule has 0 spiro atoms. The standard InChI is InChI=1S/C32H42N2O4S/c1-6-8-19-32(20-9-7-2)24-33(27-13-11-10-12-14-27)29-21-25(3)30(38-5)22-31(29)39(35,36)34(32)23-26-15-17-28(37-4)18-16-26/h10-18,21-22H,6-9,19-20,23-24H2,1-5H3. The number of para-hydroxylation sites is 1. The van der Waals surface area contributed by atoms with Gasteiger partial charge in [0.15, 0.2) is 0 Å². The van der Waals surface area contributed by atoms with Crippen molar-refractivity contribution in [1.29, 1.82) is 0 Å². The van der Waals surface area contributed by atoms with E-state index >= 15 is 0 Å². The summed E-state index contributed by atoms with van der Waals surface area (Å²) in [4.78, 5) is 2.51. The van der Waals surface area contributed by atoms with Crippen LogP contribution in [0.2, 0.25) is 0 Å². The second-order valence-corrected chi connectivity index (χ2v) is 12.3. The number of anilines is 2. The third-order valence-electron chi connectivity index (χ3n) is 7.86. The number of hydrogen-bond donors (Lipinski definition) is 0. The molecular weight excluding hydrogens is 508 g/mol. The van der Waals surface area contributed by atoms with Crippen molar-refractivity contribution in [3.63, 3.8) is 0 Å². The Labute approximate surface area is 234 Å². The zero-order chi connectivity index (χ0) is 28.0. The lowest BCUT2D eigenvalue weighted by Crippen LogP contribution is -2.55. The Balaban J connectivity index is 1.99. The molecule has 4 rings (SSSR count). The number of sulfonamides is 1. The van der Waals surface area contributed by atoms with Crippen LogP contribution in [0.3, 0.4) is 0 Å². The fourth-order valence-electron chi connectivity index (χ4n) is 5.66. The second-order valence-electron chi connectivity index (χ2n) is 10.5. The normalized spacial score (nSPS) is 16.4. The van der Waals surface area contributed by atoms with Gasteiger partial charge in [0.25, 0.3) is 0 Å². The van der Waals surface area contributed by atoms with Crippen molar-refractivity contribution >= 4 is 21.4 Å². The van der Waals surface area contributed by atoms with Gasteiger partial charge in [-0.2, -0.15) is 4.31 Å². The Morgan fingerprint density at radius 2 is 1.51 bits per heavy atom. The maximum absolute atomic E-state index is 14.9. The van der Waals surface area contributed by atoms with E-state index in [4.69, 9.17) is 9.47 Å². The molecule has 0 radical (unpaired) electrons. The van der Waals surface area contributed by atoms with Crippen molar-refractivity contribution in [2.45, 2.75) is 76.3 Å². The SMILES string of the molecule is CCCCC1(CCCC)CN(c2ccccc2)c2cc(C)c(OC)cc2S(=O)(=O)N1Cc1ccc(OC)cc1. The van der Waals surface area contributed by atoms with E-state index < -0.39 is 15.6 Å². The van der Waals surface area contributed by atoms with Crippen LogP contribution in [-0.2, 0) is 16.6 Å². The number of unbranched alkanes of at least 4 members (excludes halogenated alkanes) is 2. The summed E-state index contributed by atoms with van der Waals surface area (Å²) in [5.74, 6) is 1.32. The van der Waals surface area contributed by atoms with Gasteiger partial charge < -0.3 is 14.4 Å². The summed E-state index contributed by atoms with van der Waals surface area (Å²) in [6.45, 7) is 7.18. The van der Waals surface area contributed by atoms with Gasteiger partial charge in [-0.25, -0.2) is 8.42 Å². The zero-order valence-electron chi connectivity index (χ0n) is 23.9. The van der Waals surface area contributed by atoms with Gasteiger partial charge in [-0.1, -0.05) is 69.9 Å². The van der Waals surface area contributed by atoms with Crippen LogP contribution in [0.4, 0.5) is 11.4 Å². The molecule has 1 heterocycles. The first-order chi connectivity index (χ1) is 18.8. The Morgan fingerprint density at radius 1 is 0.872 bits per heavy atom. The largest absolute Gasteiger partial charge is 0.497 e. The van der Waals surface area contributed by atoms with E-state index in [1.807, 2.05) is 59.8 Å². The van der Waals surface area contributed by atoms with Crippen LogP contribution >= 0.6 is 0 Å². The fraction of sp³-hybridized carbons (Fsp3) is 0.438. The van der Waals surface area contributed by atoms with Crippen LogP contribution < -0.4 is 14.4 Å². The number of fused-ring (bicyclic) bond motifs is 1. The van der Waals surface area contributed by atoms with Crippen LogP contribution in [0.15, 0.2) is 71.6 Å². The Morgan fingerprint density at radius 3 is 2.08 bits per heavy atom. The molecule has 0 aromatic heterocycles. The third-order valence-corrected chi connectivity index (χ3v) is 9.84. The van der Waals surface area contributed by atoms with Gasteiger partial charge in [0, 0.05) is 24.8 Å². The quantitative estimate of drug-likeness (QED) is 0.248. The van der Waals surface area contributed by atoms with Crippen molar-refractivity contribution < 1.29 is 17.9 Å². The van der Waals surface area contributed by atoms with Crippen LogP contribution in [-0.4, -0.2) is 39.0 Å². The van der Waals surface area contributed by atoms with E-state index in [1.54, 1.807) is 20.3 Å². The minimum absolute atomic E-state index is 0.289. The lowest BCUT2D eigenvalue weighted by atomic mass is 9.85. The molecule has 0 saturated heterocycles. The van der Waals surface area contributed by atoms with E-state index in [2.05, 4.69) is 30.9 Å². The maximum Gasteiger partial charge on any atom is 0.246 e. The number of benzene rings is 3. The summed E-state index contributed by atoms with van der Waals surface area (Å²) >= 11 is 0. The minimum atomic E-state index is -3.91. The molecule has 0 unspecified atom stereocenters. The van der Waals surface area contributed by atoms with Crippen LogP contribution in [0.25, 0.3) is 0 Å². The zero-order valence-corrected chi connectivity index (χ0v) is 24.8. The molecule has 1 aliphatic rings. The Kier molecular flexibility index (Phi) is 9.23. The van der Waals surface area contributed by atoms with Gasteiger partial charge in [0.2, 0.25) is 10.0 Å². The number of ether oxygens (including phenoxy) is 2. The van der Waals surface area contributed by atoms with E-state index in [-0.39, 0.29) is 11.4 Å². The molecular formula is C32H42N2O4S. The van der Waals surface area contributed by atoms with Crippen molar-refractivity contribution in [1.82, 2.24) is 4.31 Å². The van der Waals surface area contributed by atoms with Crippen molar-refractivity contribution in [3.8, 4) is 11.5 Å². The van der Waals surface area contributed by atoms with Crippen LogP contribution in [0.1, 0.15) is 63.5 Å². The average molecular weight is 551 g/mol. The highest BCUT2D eigenvalue weighted by Gasteiger charge is 2.48. The summed E-state index contributed by atoms with van der Waals surface area (Å²) in [6.07, 6.45) is 5.45. The highest BCUT2D eigenvalue weighted by atomic mass is 32.2. The summed E-state index contributed by atoms with van der Waals surface area (Å²) < 4.78 is 42.5. The first-order valence-electron chi connectivity index (χ1n) is 14.0. The predicted octanol–water partition coefficient (Wildman–Crippen LogP) is 7.47. The van der Waals surface area contributed by atoms with Gasteiger partial charge in [0.05, 0.1) is 25.4 Å². The molecule has 0 aliphatic carbocycles. The van der Waals surface area contributed by atoms with Crippen molar-refractivity contribution in [2.24, 2.45) is 0 Å². The van der Waals surface area contributed by atoms with E-state index in [0.29, 0.717) is 18.0 Å². The lowest BCUT2D eigenvalue weighted by molar-refractivity contribution is 0.153. The molecule has 0 atom stereocenters. The summed E-state index contributed by atoms with van der Waals surface area (Å²) in [7, 11) is -0.681. The highest BCUT2D eigenvalue weighted by molar-refractivity contribution is 7.89. The molecule has 0 N–H and O–H groups in total. The molecule has 210 valence electrons. The first-order valence-corrected chi connectivity index (χ1v) is 15.4. The van der Waals surface area contributed by atoms with Gasteiger partial charge in [0.1, 0.15) is 16.4 Å². The molecule has 0 fully saturated rings. The van der Waals surface area contributed by atoms with Crippen molar-refractivity contribution in [3.05, 3.63) is 77.9 Å². The second kappa shape index (κ2) is 12.4. The lowest BCUT2D eigenvalue weighted by Gasteiger charge is -2.44. The summed E-state index contributed by atoms with van der Waals surface area (Å²) in [5.41, 5.74) is 2.94.